The van der Waals surface area contributed by atoms with E-state index in [2.05, 4.69) is 4.90 Å². The van der Waals surface area contributed by atoms with E-state index < -0.39 is 0 Å². The van der Waals surface area contributed by atoms with Crippen LogP contribution in [0.4, 0.5) is 0 Å². The molecule has 0 aromatic heterocycles. The third-order valence-corrected chi connectivity index (χ3v) is 7.73. The zero-order chi connectivity index (χ0) is 24.1. The molecular formula is C28H44N2O4. The molecule has 0 bridgehead atoms. The number of hydrogen-bond donors (Lipinski definition) is 0. The lowest BCUT2D eigenvalue weighted by atomic mass is 9.85. The Hall–Kier alpha value is -1.63. The van der Waals surface area contributed by atoms with Crippen LogP contribution in [0.1, 0.15) is 74.7 Å². The molecule has 34 heavy (non-hydrogen) atoms. The van der Waals surface area contributed by atoms with E-state index in [0.717, 1.165) is 61.8 Å². The second-order valence-corrected chi connectivity index (χ2v) is 11.0. The van der Waals surface area contributed by atoms with Gasteiger partial charge < -0.3 is 19.1 Å². The molecule has 1 saturated carbocycles. The fraction of sp³-hybridized carbons (Fsp3) is 0.750. The number of benzene rings is 1. The van der Waals surface area contributed by atoms with Crippen molar-refractivity contribution >= 4 is 5.91 Å². The third-order valence-electron chi connectivity index (χ3n) is 7.73. The lowest BCUT2D eigenvalue weighted by molar-refractivity contribution is -0.187. The highest BCUT2D eigenvalue weighted by molar-refractivity contribution is 5.94. The molecule has 1 aromatic carbocycles. The van der Waals surface area contributed by atoms with Gasteiger partial charge in [0.25, 0.3) is 5.91 Å². The maximum Gasteiger partial charge on any atom is 0.253 e. The fourth-order valence-electron chi connectivity index (χ4n) is 6.08. The number of morpholine rings is 1. The predicted molar refractivity (Wildman–Crippen MR) is 135 cm³/mol. The van der Waals surface area contributed by atoms with Crippen LogP contribution < -0.4 is 4.74 Å². The first kappa shape index (κ1) is 25.5. The number of rotatable bonds is 7. The average Bonchev–Trinajstić information content (AvgIpc) is 2.81. The van der Waals surface area contributed by atoms with Crippen LogP contribution in [0.3, 0.4) is 0 Å². The first-order valence-electron chi connectivity index (χ1n) is 13.3. The molecule has 1 aliphatic carbocycles. The predicted octanol–water partition coefficient (Wildman–Crippen LogP) is 4.68. The van der Waals surface area contributed by atoms with E-state index in [1.165, 1.54) is 38.6 Å². The van der Waals surface area contributed by atoms with E-state index >= 15 is 0 Å². The average molecular weight is 473 g/mol. The first-order chi connectivity index (χ1) is 16.4. The van der Waals surface area contributed by atoms with Crippen LogP contribution in [0, 0.1) is 12.8 Å². The highest BCUT2D eigenvalue weighted by atomic mass is 16.5. The highest BCUT2D eigenvalue weighted by Gasteiger charge is 2.44. The van der Waals surface area contributed by atoms with Gasteiger partial charge in [0.05, 0.1) is 24.4 Å². The van der Waals surface area contributed by atoms with Crippen LogP contribution >= 0.6 is 0 Å². The van der Waals surface area contributed by atoms with Gasteiger partial charge in [-0.05, 0) is 76.1 Å². The summed E-state index contributed by atoms with van der Waals surface area (Å²) in [5.41, 5.74) is 1.58. The molecule has 2 heterocycles. The highest BCUT2D eigenvalue weighted by Crippen LogP contribution is 2.35. The normalized spacial score (nSPS) is 24.0. The Morgan fingerprint density at radius 2 is 1.91 bits per heavy atom. The van der Waals surface area contributed by atoms with Gasteiger partial charge in [-0.15, -0.1) is 0 Å². The second-order valence-electron chi connectivity index (χ2n) is 11.0. The molecule has 1 spiro atoms. The van der Waals surface area contributed by atoms with Gasteiger partial charge in [-0.2, -0.15) is 0 Å². The number of nitrogens with zero attached hydrogens (tertiary/aromatic N) is 2. The van der Waals surface area contributed by atoms with Crippen molar-refractivity contribution in [2.75, 3.05) is 46.4 Å². The number of aryl methyl sites for hydroxylation is 1. The van der Waals surface area contributed by atoms with Crippen LogP contribution in [0.2, 0.25) is 0 Å². The summed E-state index contributed by atoms with van der Waals surface area (Å²) >= 11 is 0. The van der Waals surface area contributed by atoms with Crippen molar-refractivity contribution in [1.82, 2.24) is 9.80 Å². The Kier molecular flexibility index (Phi) is 8.54. The van der Waals surface area contributed by atoms with E-state index in [0.29, 0.717) is 6.61 Å². The molecule has 2 aliphatic heterocycles. The van der Waals surface area contributed by atoms with E-state index in [1.807, 2.05) is 43.9 Å². The summed E-state index contributed by atoms with van der Waals surface area (Å²) in [4.78, 5) is 17.9. The maximum absolute atomic E-state index is 13.3. The minimum Gasteiger partial charge on any atom is -0.491 e. The molecule has 4 rings (SSSR count). The number of carbonyl (C=O) groups is 1. The van der Waals surface area contributed by atoms with Crippen molar-refractivity contribution in [3.8, 4) is 5.75 Å². The SMILES string of the molecule is COCC1CN(CC2CCCCC2)CC2(CCN(C(=O)c3ccc(OC(C)C)c(C)c3)CC2)O1. The Balaban J connectivity index is 1.38. The van der Waals surface area contributed by atoms with Crippen molar-refractivity contribution in [3.05, 3.63) is 29.3 Å². The third kappa shape index (κ3) is 6.32. The minimum atomic E-state index is -0.169. The van der Waals surface area contributed by atoms with E-state index in [4.69, 9.17) is 14.2 Å². The summed E-state index contributed by atoms with van der Waals surface area (Å²) in [7, 11) is 1.76. The van der Waals surface area contributed by atoms with Gasteiger partial charge in [-0.25, -0.2) is 0 Å². The summed E-state index contributed by atoms with van der Waals surface area (Å²) in [6.07, 6.45) is 8.87. The van der Waals surface area contributed by atoms with E-state index in [1.54, 1.807) is 7.11 Å². The number of piperidine rings is 1. The molecule has 0 N–H and O–H groups in total. The zero-order valence-corrected chi connectivity index (χ0v) is 21.7. The smallest absolute Gasteiger partial charge is 0.253 e. The Morgan fingerprint density at radius 3 is 2.56 bits per heavy atom. The largest absolute Gasteiger partial charge is 0.491 e. The van der Waals surface area contributed by atoms with Crippen molar-refractivity contribution in [1.29, 1.82) is 0 Å². The van der Waals surface area contributed by atoms with Gasteiger partial charge in [0.15, 0.2) is 0 Å². The first-order valence-corrected chi connectivity index (χ1v) is 13.3. The maximum atomic E-state index is 13.3. The second kappa shape index (κ2) is 11.4. The Morgan fingerprint density at radius 1 is 1.18 bits per heavy atom. The summed E-state index contributed by atoms with van der Waals surface area (Å²) in [6, 6.07) is 5.79. The summed E-state index contributed by atoms with van der Waals surface area (Å²) in [5, 5.41) is 0. The molecule has 6 nitrogen and oxygen atoms in total. The van der Waals surface area contributed by atoms with Crippen molar-refractivity contribution in [2.24, 2.45) is 5.92 Å². The standard InChI is InChI=1S/C28H44N2O4/c1-21(2)33-26-11-10-24(16-22(26)3)27(31)30-14-12-28(13-15-30)20-29(18-25(34-28)19-32-4)17-23-8-6-5-7-9-23/h10-11,16,21,23,25H,5-9,12-15,17-20H2,1-4H3. The van der Waals surface area contributed by atoms with Gasteiger partial charge in [-0.1, -0.05) is 19.3 Å². The van der Waals surface area contributed by atoms with Crippen LogP contribution in [-0.4, -0.2) is 80.0 Å². The van der Waals surface area contributed by atoms with E-state index in [-0.39, 0.29) is 23.7 Å². The number of ether oxygens (including phenoxy) is 3. The molecule has 1 aromatic rings. The molecule has 1 amide bonds. The number of carbonyl (C=O) groups excluding carboxylic acids is 1. The number of hydrogen-bond acceptors (Lipinski definition) is 5. The van der Waals surface area contributed by atoms with Gasteiger partial charge in [0, 0.05) is 45.4 Å². The van der Waals surface area contributed by atoms with Crippen LogP contribution in [-0.2, 0) is 9.47 Å². The zero-order valence-electron chi connectivity index (χ0n) is 21.7. The molecule has 3 fully saturated rings. The minimum absolute atomic E-state index is 0.109. The number of methoxy groups -OCH3 is 1. The van der Waals surface area contributed by atoms with Gasteiger partial charge in [-0.3, -0.25) is 9.69 Å². The lowest BCUT2D eigenvalue weighted by Gasteiger charge is -2.50. The van der Waals surface area contributed by atoms with Crippen molar-refractivity contribution in [3.63, 3.8) is 0 Å². The monoisotopic (exact) mass is 472 g/mol. The molecule has 1 atom stereocenters. The molecule has 3 aliphatic rings. The van der Waals surface area contributed by atoms with Gasteiger partial charge in [0.2, 0.25) is 0 Å². The molecule has 6 heteroatoms. The van der Waals surface area contributed by atoms with Crippen LogP contribution in [0.5, 0.6) is 5.75 Å². The number of likely N-dealkylation sites (tertiary alicyclic amines) is 1. The van der Waals surface area contributed by atoms with Crippen molar-refractivity contribution < 1.29 is 19.0 Å². The summed E-state index contributed by atoms with van der Waals surface area (Å²) < 4.78 is 18.0. The van der Waals surface area contributed by atoms with Gasteiger partial charge in [0.1, 0.15) is 5.75 Å². The molecule has 2 saturated heterocycles. The van der Waals surface area contributed by atoms with Crippen LogP contribution in [0.25, 0.3) is 0 Å². The van der Waals surface area contributed by atoms with E-state index in [9.17, 15) is 4.79 Å². The molecule has 1 unspecified atom stereocenters. The summed E-state index contributed by atoms with van der Waals surface area (Å²) in [5.74, 6) is 1.78. The summed E-state index contributed by atoms with van der Waals surface area (Å²) in [6.45, 7) is 11.3. The lowest BCUT2D eigenvalue weighted by Crippen LogP contribution is -2.61. The Labute approximate surface area is 205 Å². The fourth-order valence-corrected chi connectivity index (χ4v) is 6.08. The van der Waals surface area contributed by atoms with Crippen molar-refractivity contribution in [2.45, 2.75) is 83.5 Å². The van der Waals surface area contributed by atoms with Crippen LogP contribution in [0.15, 0.2) is 18.2 Å². The Bertz CT molecular complexity index is 813. The molecule has 0 radical (unpaired) electrons. The van der Waals surface area contributed by atoms with Gasteiger partial charge >= 0.3 is 0 Å². The topological polar surface area (TPSA) is 51.2 Å². The number of amides is 1. The molecule has 190 valence electrons. The molecular weight excluding hydrogens is 428 g/mol. The quantitative estimate of drug-likeness (QED) is 0.577.